The smallest absolute Gasteiger partial charge is 0.185 e. The van der Waals surface area contributed by atoms with Gasteiger partial charge in [-0.15, -0.1) is 0 Å². The van der Waals surface area contributed by atoms with Gasteiger partial charge in [0.05, 0.1) is 18.3 Å². The van der Waals surface area contributed by atoms with Crippen molar-refractivity contribution in [2.75, 3.05) is 14.1 Å². The number of hydrogen-bond donors (Lipinski definition) is 4. The molecular weight excluding hydrogens is 529 g/mol. The van der Waals surface area contributed by atoms with E-state index in [-0.39, 0.29) is 36.1 Å². The zero-order valence-electron chi connectivity index (χ0n) is 25.2. The zero-order chi connectivity index (χ0) is 30.2. The molecule has 0 radical (unpaired) electrons. The molecule has 0 aliphatic heterocycles. The molecule has 14 unspecified atom stereocenters. The van der Waals surface area contributed by atoms with E-state index in [0.717, 1.165) is 45.4 Å². The van der Waals surface area contributed by atoms with Crippen molar-refractivity contribution in [3.63, 3.8) is 0 Å². The Morgan fingerprint density at radius 3 is 2.27 bits per heavy atom. The average molecular weight is 580 g/mol. The predicted molar refractivity (Wildman–Crippen MR) is 149 cm³/mol. The van der Waals surface area contributed by atoms with Gasteiger partial charge in [-0.25, -0.2) is 4.39 Å². The third kappa shape index (κ3) is 5.15. The number of halogens is 1. The van der Waals surface area contributed by atoms with E-state index in [0.29, 0.717) is 18.8 Å². The zero-order valence-corrected chi connectivity index (χ0v) is 25.2. The molecule has 5 aliphatic rings. The lowest BCUT2D eigenvalue weighted by Gasteiger charge is -2.61. The van der Waals surface area contributed by atoms with Crippen molar-refractivity contribution >= 4 is 17.3 Å². The number of carbonyl (C=O) groups excluding carboxylic acids is 3. The first-order valence-corrected chi connectivity index (χ1v) is 15.8. The van der Waals surface area contributed by atoms with E-state index in [4.69, 9.17) is 0 Å². The number of hydrogen-bond acceptors (Lipinski definition) is 8. The first kappa shape index (κ1) is 31.2. The maximum Gasteiger partial charge on any atom is 0.185 e. The van der Waals surface area contributed by atoms with Crippen LogP contribution in [0.2, 0.25) is 0 Å². The molecule has 0 saturated heterocycles. The maximum absolute atomic E-state index is 14.5. The van der Waals surface area contributed by atoms with Gasteiger partial charge in [0.1, 0.15) is 17.4 Å². The van der Waals surface area contributed by atoms with Crippen LogP contribution in [0.4, 0.5) is 4.39 Å². The fourth-order valence-corrected chi connectivity index (χ4v) is 10.1. The van der Waals surface area contributed by atoms with Gasteiger partial charge in [-0.05, 0) is 103 Å². The van der Waals surface area contributed by atoms with Crippen LogP contribution in [-0.4, -0.2) is 92.4 Å². The van der Waals surface area contributed by atoms with Gasteiger partial charge in [-0.3, -0.25) is 14.4 Å². The summed E-state index contributed by atoms with van der Waals surface area (Å²) < 4.78 is 14.5. The quantitative estimate of drug-likeness (QED) is 0.352. The first-order valence-electron chi connectivity index (χ1n) is 15.8. The van der Waals surface area contributed by atoms with Crippen LogP contribution in [0, 0.1) is 53.3 Å². The summed E-state index contributed by atoms with van der Waals surface area (Å²) in [6, 6.07) is 0.0970. The number of ketones is 3. The van der Waals surface area contributed by atoms with E-state index >= 15 is 0 Å². The van der Waals surface area contributed by atoms with Crippen molar-refractivity contribution in [2.24, 2.45) is 53.3 Å². The minimum atomic E-state index is -2.28. The monoisotopic (exact) mass is 579 g/mol. The second kappa shape index (κ2) is 11.0. The van der Waals surface area contributed by atoms with E-state index in [2.05, 4.69) is 4.90 Å². The van der Waals surface area contributed by atoms with Crippen LogP contribution in [0.3, 0.4) is 0 Å². The van der Waals surface area contributed by atoms with Gasteiger partial charge in [-0.2, -0.15) is 0 Å². The van der Waals surface area contributed by atoms with Crippen molar-refractivity contribution in [2.45, 2.75) is 114 Å². The molecule has 41 heavy (non-hydrogen) atoms. The van der Waals surface area contributed by atoms with Gasteiger partial charge in [0.15, 0.2) is 17.2 Å². The minimum absolute atomic E-state index is 0.0472. The lowest BCUT2D eigenvalue weighted by Crippen LogP contribution is -2.72. The number of aliphatic hydroxyl groups excluding tert-OH is 3. The summed E-state index contributed by atoms with van der Waals surface area (Å²) in [5.41, 5.74) is -3.46. The van der Waals surface area contributed by atoms with Crippen LogP contribution in [0.1, 0.15) is 78.6 Å². The number of nitrogens with zero attached hydrogens (tertiary/aromatic N) is 1. The highest BCUT2D eigenvalue weighted by molar-refractivity contribution is 6.22. The molecule has 0 bridgehead atoms. The number of rotatable bonds is 6. The molecule has 4 N–H and O–H groups in total. The summed E-state index contributed by atoms with van der Waals surface area (Å²) in [7, 11) is 4.02. The molecule has 14 atom stereocenters. The minimum Gasteiger partial charge on any atom is -0.392 e. The molecule has 9 heteroatoms. The Kier molecular flexibility index (Phi) is 8.38. The van der Waals surface area contributed by atoms with Gasteiger partial charge in [0.25, 0.3) is 0 Å². The third-order valence-electron chi connectivity index (χ3n) is 12.3. The van der Waals surface area contributed by atoms with Crippen LogP contribution >= 0.6 is 0 Å². The fraction of sp³-hybridized carbons (Fsp3) is 0.906. The maximum atomic E-state index is 14.5. The van der Waals surface area contributed by atoms with E-state index in [1.165, 1.54) is 0 Å². The van der Waals surface area contributed by atoms with E-state index in [9.17, 15) is 39.2 Å². The lowest BCUT2D eigenvalue weighted by molar-refractivity contribution is -0.238. The summed E-state index contributed by atoms with van der Waals surface area (Å²) in [5.74, 6) is -5.76. The highest BCUT2D eigenvalue weighted by atomic mass is 19.1. The van der Waals surface area contributed by atoms with Gasteiger partial charge < -0.3 is 25.3 Å². The standard InChI is InChI=1S/C32H50FNO7/c1-15(35)24-23(36)14-20-11-18-12-21-22(34(4)5)13-17(8-6-16-7-9-19(10-16)31(2,3)33)27(37)26(21)28(38)25(18)30(40)32(20,41)29(24)39/h16-22,24-28,30,37-38,40-41H,6-14H2,1-5H3. The van der Waals surface area contributed by atoms with Crippen molar-refractivity contribution < 1.29 is 39.2 Å². The van der Waals surface area contributed by atoms with Crippen LogP contribution in [0.5, 0.6) is 0 Å². The molecule has 0 amide bonds. The number of alkyl halides is 1. The molecule has 0 aromatic heterocycles. The van der Waals surface area contributed by atoms with Crippen LogP contribution in [-0.2, 0) is 14.4 Å². The SMILES string of the molecule is CC(=O)C1C(=O)CC2CC3CC4C(C(O)C(CCC5CCC(C(C)(C)F)C5)CC4N(C)C)C(O)C3C(O)C2(O)C1=O. The molecule has 0 aromatic carbocycles. The second-order valence-corrected chi connectivity index (χ2v) is 15.1. The van der Waals surface area contributed by atoms with Crippen molar-refractivity contribution in [1.82, 2.24) is 4.90 Å². The Morgan fingerprint density at radius 1 is 1.00 bits per heavy atom. The molecule has 5 saturated carbocycles. The van der Waals surface area contributed by atoms with Crippen LogP contribution in [0.15, 0.2) is 0 Å². The Hall–Kier alpha value is -1.26. The topological polar surface area (TPSA) is 135 Å². The highest BCUT2D eigenvalue weighted by Gasteiger charge is 2.67. The van der Waals surface area contributed by atoms with Crippen molar-refractivity contribution in [1.29, 1.82) is 0 Å². The summed E-state index contributed by atoms with van der Waals surface area (Å²) >= 11 is 0. The normalized spacial score (nSPS) is 48.5. The molecule has 5 aliphatic carbocycles. The Morgan fingerprint density at radius 2 is 1.68 bits per heavy atom. The number of carbonyl (C=O) groups is 3. The van der Waals surface area contributed by atoms with E-state index in [1.54, 1.807) is 13.8 Å². The summed E-state index contributed by atoms with van der Waals surface area (Å²) in [5, 5.41) is 46.8. The molecule has 232 valence electrons. The number of Topliss-reactive ketones (excluding diaryl/α,β-unsaturated/α-hetero) is 3. The molecular formula is C32H50FNO7. The first-order chi connectivity index (χ1) is 19.1. The van der Waals surface area contributed by atoms with Gasteiger partial charge in [0, 0.05) is 30.2 Å². The van der Waals surface area contributed by atoms with Gasteiger partial charge in [0.2, 0.25) is 0 Å². The summed E-state index contributed by atoms with van der Waals surface area (Å²) in [6.45, 7) is 4.45. The Labute approximate surface area is 243 Å². The lowest BCUT2D eigenvalue weighted by atomic mass is 9.48. The molecule has 0 spiro atoms. The average Bonchev–Trinajstić information content (AvgIpc) is 3.35. The predicted octanol–water partition coefficient (Wildman–Crippen LogP) is 2.33. The van der Waals surface area contributed by atoms with Crippen molar-refractivity contribution in [3.8, 4) is 0 Å². The summed E-state index contributed by atoms with van der Waals surface area (Å²) in [6.07, 6.45) is 2.33. The molecule has 5 rings (SSSR count). The van der Waals surface area contributed by atoms with Gasteiger partial charge >= 0.3 is 0 Å². The second-order valence-electron chi connectivity index (χ2n) is 15.1. The van der Waals surface area contributed by atoms with Crippen molar-refractivity contribution in [3.05, 3.63) is 0 Å². The molecule has 8 nitrogen and oxygen atoms in total. The van der Waals surface area contributed by atoms with Crippen LogP contribution in [0.25, 0.3) is 0 Å². The third-order valence-corrected chi connectivity index (χ3v) is 12.3. The Bertz CT molecular complexity index is 1040. The van der Waals surface area contributed by atoms with Gasteiger partial charge in [-0.1, -0.05) is 12.8 Å². The highest BCUT2D eigenvalue weighted by Crippen LogP contribution is 2.57. The number of fused-ring (bicyclic) bond motifs is 3. The molecule has 0 aromatic rings. The molecule has 5 fully saturated rings. The van der Waals surface area contributed by atoms with E-state index in [1.807, 2.05) is 14.1 Å². The van der Waals surface area contributed by atoms with Crippen LogP contribution < -0.4 is 0 Å². The number of aliphatic hydroxyl groups is 4. The van der Waals surface area contributed by atoms with E-state index < -0.39 is 70.6 Å². The fourth-order valence-electron chi connectivity index (χ4n) is 10.1. The summed E-state index contributed by atoms with van der Waals surface area (Å²) in [4.78, 5) is 40.3. The largest absolute Gasteiger partial charge is 0.392 e. The molecule has 0 heterocycles. The Balaban J connectivity index is 1.36.